The number of benzene rings is 2. The number of nitrogens with zero attached hydrogens (tertiary/aromatic N) is 2. The van der Waals surface area contributed by atoms with E-state index in [0.29, 0.717) is 29.1 Å². The van der Waals surface area contributed by atoms with Gasteiger partial charge >= 0.3 is 6.18 Å². The Kier molecular flexibility index (Phi) is 10.6. The number of carbonyl (C=O) groups excluding carboxylic acids is 3. The average Bonchev–Trinajstić information content (AvgIpc) is 3.09. The predicted molar refractivity (Wildman–Crippen MR) is 151 cm³/mol. The van der Waals surface area contributed by atoms with Gasteiger partial charge in [-0.15, -0.1) is 0 Å². The highest BCUT2D eigenvalue weighted by molar-refractivity contribution is 6.08. The Morgan fingerprint density at radius 3 is 2.30 bits per heavy atom. The number of rotatable bonds is 7. The maximum Gasteiger partial charge on any atom is 0.446 e. The lowest BCUT2D eigenvalue weighted by molar-refractivity contribution is -0.156. The molecule has 10 heteroatoms. The normalized spacial score (nSPS) is 14.2. The quantitative estimate of drug-likeness (QED) is 0.409. The fourth-order valence-electron chi connectivity index (χ4n) is 4.74. The summed E-state index contributed by atoms with van der Waals surface area (Å²) < 4.78 is 31.2. The van der Waals surface area contributed by atoms with Crippen molar-refractivity contribution in [3.05, 3.63) is 64.2 Å². The van der Waals surface area contributed by atoms with Crippen molar-refractivity contribution in [1.82, 2.24) is 4.90 Å². The molecule has 2 aromatic carbocycles. The van der Waals surface area contributed by atoms with Crippen LogP contribution in [0.3, 0.4) is 0 Å². The molecule has 1 heterocycles. The number of alkyl halides is 3. The monoisotopic (exact) mass is 556 g/mol. The molecule has 0 bridgehead atoms. The number of anilines is 1. The number of carbonyl (C=O) groups is 3. The second-order valence-electron chi connectivity index (χ2n) is 9.82. The summed E-state index contributed by atoms with van der Waals surface area (Å²) >= 11 is 0. The van der Waals surface area contributed by atoms with Crippen molar-refractivity contribution >= 4 is 41.4 Å². The van der Waals surface area contributed by atoms with E-state index >= 15 is 0 Å². The third-order valence-corrected chi connectivity index (χ3v) is 6.55. The molecule has 2 aromatic rings. The lowest BCUT2D eigenvalue weighted by Crippen LogP contribution is -2.34. The van der Waals surface area contributed by atoms with Gasteiger partial charge in [0.15, 0.2) is 0 Å². The molecule has 2 aliphatic rings. The number of hydrogen-bond acceptors (Lipinski definition) is 5. The number of aldehydes is 1. The molecule has 7 nitrogen and oxygen atoms in total. The van der Waals surface area contributed by atoms with E-state index < -0.39 is 12.5 Å². The number of hydrogen-bond donors (Lipinski definition) is 2. The highest BCUT2D eigenvalue weighted by atomic mass is 19.4. The molecule has 0 unspecified atom stereocenters. The summed E-state index contributed by atoms with van der Waals surface area (Å²) in [7, 11) is 0. The largest absolute Gasteiger partial charge is 0.446 e. The third kappa shape index (κ3) is 8.53. The van der Waals surface area contributed by atoms with Gasteiger partial charge in [-0.25, -0.2) is 4.99 Å². The number of aryl methyl sites for hydroxylation is 2. The first kappa shape index (κ1) is 30.6. The smallest absolute Gasteiger partial charge is 0.387 e. The molecule has 0 fully saturated rings. The number of nitrogens with two attached hydrogens (primary N) is 1. The van der Waals surface area contributed by atoms with Crippen LogP contribution in [-0.4, -0.2) is 48.1 Å². The van der Waals surface area contributed by atoms with Gasteiger partial charge in [-0.2, -0.15) is 13.2 Å². The molecule has 0 atom stereocenters. The van der Waals surface area contributed by atoms with Crippen LogP contribution in [0.15, 0.2) is 47.0 Å². The minimum Gasteiger partial charge on any atom is -0.387 e. The third-order valence-electron chi connectivity index (χ3n) is 6.55. The molecule has 40 heavy (non-hydrogen) atoms. The van der Waals surface area contributed by atoms with Crippen molar-refractivity contribution < 1.29 is 27.6 Å². The minimum absolute atomic E-state index is 0.00364. The van der Waals surface area contributed by atoms with Crippen molar-refractivity contribution in [2.75, 3.05) is 18.4 Å². The molecule has 2 amide bonds. The van der Waals surface area contributed by atoms with E-state index in [-0.39, 0.29) is 11.8 Å². The summed E-state index contributed by atoms with van der Waals surface area (Å²) in [5.74, 6) is 0.191. The zero-order chi connectivity index (χ0) is 29.3. The van der Waals surface area contributed by atoms with Gasteiger partial charge in [0.05, 0.1) is 5.69 Å². The number of aliphatic imine (C=N–C) groups is 1. The van der Waals surface area contributed by atoms with Crippen LogP contribution in [0, 0.1) is 0 Å². The number of nitrogens with one attached hydrogen (secondary N) is 1. The summed E-state index contributed by atoms with van der Waals surface area (Å²) in [5, 5.41) is 3.02. The molecular formula is C30H35F3N4O3. The fourth-order valence-corrected chi connectivity index (χ4v) is 4.74. The first-order valence-electron chi connectivity index (χ1n) is 13.5. The van der Waals surface area contributed by atoms with E-state index in [1.165, 1.54) is 24.0 Å². The zero-order valence-corrected chi connectivity index (χ0v) is 22.8. The summed E-state index contributed by atoms with van der Waals surface area (Å²) in [6.45, 7) is 5.57. The van der Waals surface area contributed by atoms with E-state index in [9.17, 15) is 22.8 Å². The van der Waals surface area contributed by atoms with Crippen molar-refractivity contribution in [2.24, 2.45) is 10.7 Å². The average molecular weight is 557 g/mol. The van der Waals surface area contributed by atoms with Gasteiger partial charge in [0.25, 0.3) is 5.91 Å². The van der Waals surface area contributed by atoms with Gasteiger partial charge in [-0.05, 0) is 80.0 Å². The molecule has 3 N–H and O–H groups in total. The zero-order valence-electron chi connectivity index (χ0n) is 22.8. The Morgan fingerprint density at radius 1 is 1.02 bits per heavy atom. The van der Waals surface area contributed by atoms with Crippen molar-refractivity contribution in [2.45, 2.75) is 65.0 Å². The van der Waals surface area contributed by atoms with Gasteiger partial charge in [0, 0.05) is 41.9 Å². The number of amidine groups is 1. The molecule has 1 aliphatic carbocycles. The maximum absolute atomic E-state index is 13.1. The van der Waals surface area contributed by atoms with E-state index in [4.69, 9.17) is 10.5 Å². The first-order valence-corrected chi connectivity index (χ1v) is 13.5. The van der Waals surface area contributed by atoms with Crippen molar-refractivity contribution in [3.8, 4) is 0 Å². The Labute approximate surface area is 232 Å². The van der Waals surface area contributed by atoms with Crippen LogP contribution in [0.2, 0.25) is 0 Å². The number of fused-ring (bicyclic) bond motifs is 2. The first-order chi connectivity index (χ1) is 19.0. The maximum atomic E-state index is 13.1. The Bertz CT molecular complexity index is 1300. The topological polar surface area (TPSA) is 105 Å². The molecule has 0 aromatic heterocycles. The van der Waals surface area contributed by atoms with Gasteiger partial charge in [-0.1, -0.05) is 26.0 Å². The number of halogens is 3. The van der Waals surface area contributed by atoms with Gasteiger partial charge in [0.2, 0.25) is 12.2 Å². The van der Waals surface area contributed by atoms with Gasteiger partial charge in [-0.3, -0.25) is 14.4 Å². The number of amides is 2. The Hall–Kier alpha value is -3.95. The van der Waals surface area contributed by atoms with Crippen molar-refractivity contribution in [3.63, 3.8) is 0 Å². The summed E-state index contributed by atoms with van der Waals surface area (Å²) in [6, 6.07) is 11.5. The molecule has 0 spiro atoms. The van der Waals surface area contributed by atoms with Crippen LogP contribution in [0.4, 0.5) is 24.5 Å². The minimum atomic E-state index is -4.64. The van der Waals surface area contributed by atoms with E-state index in [1.807, 2.05) is 23.1 Å². The van der Waals surface area contributed by atoms with E-state index in [0.717, 1.165) is 50.0 Å². The lowest BCUT2D eigenvalue weighted by Gasteiger charge is -2.22. The van der Waals surface area contributed by atoms with Crippen LogP contribution in [0.1, 0.15) is 73.0 Å². The molecule has 0 saturated heterocycles. The standard InChI is InChI=1S/C28H34N4O2.C2HF3O/c1-3-13-32(14-4-2)28(34)23-15-21-9-10-22(17-25(21)31-26(29)18-23)27(33)30-24-12-11-19-7-5-6-8-20(19)16-24;3-2(4,5)1-6/h9-12,15-17H,3-8,13-14,18H2,1-2H3,(H2,29,31)(H,30,33);1H. The molecule has 0 radical (unpaired) electrons. The van der Waals surface area contributed by atoms with Crippen LogP contribution in [0.25, 0.3) is 6.08 Å². The summed E-state index contributed by atoms with van der Waals surface area (Å²) in [6.07, 6.45) is 2.87. The molecule has 0 saturated carbocycles. The SMILES string of the molecule is CCCN(CCC)C(=O)C1=Cc2ccc(C(=O)Nc3ccc4c(c3)CCCC4)cc2N=C(N)C1.O=CC(F)(F)F. The molecule has 214 valence electrons. The second-order valence-corrected chi connectivity index (χ2v) is 9.82. The van der Waals surface area contributed by atoms with Gasteiger partial charge in [0.1, 0.15) is 5.84 Å². The predicted octanol–water partition coefficient (Wildman–Crippen LogP) is 5.99. The Morgan fingerprint density at radius 2 is 1.68 bits per heavy atom. The van der Waals surface area contributed by atoms with Gasteiger partial charge < -0.3 is 16.0 Å². The second kappa shape index (κ2) is 13.9. The fraction of sp³-hybridized carbons (Fsp3) is 0.400. The lowest BCUT2D eigenvalue weighted by atomic mass is 9.91. The summed E-state index contributed by atoms with van der Waals surface area (Å²) in [5.41, 5.74) is 12.2. The molecule has 1 aliphatic heterocycles. The van der Waals surface area contributed by atoms with Crippen LogP contribution in [0.5, 0.6) is 0 Å². The highest BCUT2D eigenvalue weighted by Crippen LogP contribution is 2.29. The summed E-state index contributed by atoms with van der Waals surface area (Å²) in [4.78, 5) is 41.2. The van der Waals surface area contributed by atoms with Crippen LogP contribution in [-0.2, 0) is 22.4 Å². The molecule has 4 rings (SSSR count). The van der Waals surface area contributed by atoms with Crippen molar-refractivity contribution in [1.29, 1.82) is 0 Å². The highest BCUT2D eigenvalue weighted by Gasteiger charge is 2.25. The van der Waals surface area contributed by atoms with Crippen LogP contribution >= 0.6 is 0 Å². The molecular weight excluding hydrogens is 521 g/mol. The van der Waals surface area contributed by atoms with E-state index in [1.54, 1.807) is 12.1 Å². The van der Waals surface area contributed by atoms with E-state index in [2.05, 4.69) is 36.3 Å². The Balaban J connectivity index is 0.000000663. The van der Waals surface area contributed by atoms with Crippen LogP contribution < -0.4 is 11.1 Å².